The fourth-order valence-electron chi connectivity index (χ4n) is 3.63. The second-order valence-corrected chi connectivity index (χ2v) is 8.50. The Morgan fingerprint density at radius 2 is 1.13 bits per heavy atom. The number of hydrogen-bond acceptors (Lipinski definition) is 7. The van der Waals surface area contributed by atoms with Crippen LogP contribution in [0.4, 0.5) is 0 Å². The molecule has 2 heterocycles. The molecule has 5 N–H and O–H groups in total. The van der Waals surface area contributed by atoms with Crippen molar-refractivity contribution < 1.29 is 59.6 Å². The molecule has 10 nitrogen and oxygen atoms in total. The first-order chi connectivity index (χ1) is 17.5. The molecule has 0 atom stereocenters. The molecule has 0 aliphatic rings. The number of methoxy groups -OCH3 is 1. The van der Waals surface area contributed by atoms with Crippen LogP contribution in [0, 0.1) is 41.5 Å². The molecule has 0 aliphatic heterocycles. The van der Waals surface area contributed by atoms with Crippen molar-refractivity contribution >= 4 is 11.9 Å². The third-order valence-electron chi connectivity index (χ3n) is 6.16. The molecule has 0 radical (unpaired) electrons. The van der Waals surface area contributed by atoms with Gasteiger partial charge in [0.1, 0.15) is 0 Å². The zero-order chi connectivity index (χ0) is 27.9. The normalized spacial score (nSPS) is 9.56. The number of carbonyl (C=O) groups excluding carboxylic acids is 1. The van der Waals surface area contributed by atoms with Crippen molar-refractivity contribution in [1.82, 2.24) is 20.4 Å². The molecule has 0 saturated heterocycles. The van der Waals surface area contributed by atoms with Gasteiger partial charge in [0.05, 0.1) is 29.6 Å². The summed E-state index contributed by atoms with van der Waals surface area (Å²) in [5.41, 5.74) is 10.6. The van der Waals surface area contributed by atoms with E-state index in [1.165, 1.54) is 7.11 Å². The van der Waals surface area contributed by atoms with E-state index in [0.717, 1.165) is 63.3 Å². The molecule has 0 bridgehead atoms. The fraction of sp³-hybridized carbons (Fsp3) is 0.286. The van der Waals surface area contributed by atoms with Gasteiger partial charge in [-0.05, 0) is 88.1 Å². The Balaban J connectivity index is 0.000000665. The molecule has 4 aromatic rings. The minimum atomic E-state index is -0.920. The van der Waals surface area contributed by atoms with Crippen LogP contribution in [0.15, 0.2) is 36.4 Å². The Bertz CT molecular complexity index is 1410. The van der Waals surface area contributed by atoms with E-state index in [2.05, 4.69) is 20.4 Å². The molecule has 2 aromatic heterocycles. The summed E-state index contributed by atoms with van der Waals surface area (Å²) in [5, 5.41) is 30.4. The van der Waals surface area contributed by atoms with Gasteiger partial charge in [-0.15, -0.1) is 0 Å². The Morgan fingerprint density at radius 1 is 0.744 bits per heavy atom. The van der Waals surface area contributed by atoms with E-state index >= 15 is 0 Å². The van der Waals surface area contributed by atoms with Gasteiger partial charge in [0, 0.05) is 29.6 Å². The van der Waals surface area contributed by atoms with Crippen molar-refractivity contribution in [1.29, 1.82) is 0 Å². The number of carboxylic acids is 1. The van der Waals surface area contributed by atoms with E-state index in [-0.39, 0.29) is 46.6 Å². The van der Waals surface area contributed by atoms with Gasteiger partial charge in [0.2, 0.25) is 0 Å². The van der Waals surface area contributed by atoms with Gasteiger partial charge in [-0.25, -0.2) is 9.59 Å². The monoisotopic (exact) mass is 546 g/mol. The third-order valence-corrected chi connectivity index (χ3v) is 6.16. The largest absolute Gasteiger partial charge is 1.00 e. The van der Waals surface area contributed by atoms with Crippen molar-refractivity contribution in [2.75, 3.05) is 14.2 Å². The number of rotatable bonds is 4. The van der Waals surface area contributed by atoms with Crippen LogP contribution in [0.3, 0.4) is 0 Å². The molecular formula is C28H35N4NaO6. The second kappa shape index (κ2) is 16.0. The van der Waals surface area contributed by atoms with Gasteiger partial charge in [-0.2, -0.15) is 10.2 Å². The molecule has 11 heteroatoms. The Morgan fingerprint density at radius 3 is 1.46 bits per heavy atom. The summed E-state index contributed by atoms with van der Waals surface area (Å²) in [4.78, 5) is 22.5. The zero-order valence-corrected chi connectivity index (χ0v) is 25.9. The number of nitrogens with zero attached hydrogens (tertiary/aromatic N) is 2. The number of ether oxygens (including phenoxy) is 1. The summed E-state index contributed by atoms with van der Waals surface area (Å²) >= 11 is 0. The molecule has 0 amide bonds. The number of esters is 1. The van der Waals surface area contributed by atoms with Crippen molar-refractivity contribution in [2.45, 2.75) is 41.5 Å². The molecule has 0 saturated carbocycles. The summed E-state index contributed by atoms with van der Waals surface area (Å²) in [6.07, 6.45) is 0. The van der Waals surface area contributed by atoms with Gasteiger partial charge in [-0.3, -0.25) is 10.2 Å². The third kappa shape index (κ3) is 8.35. The van der Waals surface area contributed by atoms with Crippen molar-refractivity contribution in [3.8, 4) is 22.5 Å². The summed E-state index contributed by atoms with van der Waals surface area (Å²) in [5.74, 6) is -1.25. The maximum atomic E-state index is 11.5. The molecule has 204 valence electrons. The van der Waals surface area contributed by atoms with Crippen LogP contribution < -0.4 is 29.6 Å². The van der Waals surface area contributed by atoms with E-state index in [1.54, 1.807) is 18.2 Å². The van der Waals surface area contributed by atoms with Crippen LogP contribution in [-0.2, 0) is 4.74 Å². The summed E-state index contributed by atoms with van der Waals surface area (Å²) in [6.45, 7) is 11.9. The summed E-state index contributed by atoms with van der Waals surface area (Å²) < 4.78 is 4.74. The van der Waals surface area contributed by atoms with Crippen LogP contribution in [0.5, 0.6) is 0 Å². The topological polar surface area (TPSA) is 171 Å². The standard InChI is InChI=1S/C14H16N2O2.C13H14N2O2.CH4O.Na.H2O/c1-8-5-6-11(14(17)18-4)7-12(8)13-9(2)10(3)15-16-13;1-7-4-5-10(13(16)17)6-11(7)12-8(2)9(3)14-15-12;1-2;;/h5-7H,1-4H3,(H,15,16);4-6H,1-3H3,(H,14,15)(H,16,17);2H,1H3;;1H2/q;;;+1;/p-1. The average Bonchev–Trinajstić information content (AvgIpc) is 3.41. The number of aromatic nitrogens is 4. The van der Waals surface area contributed by atoms with E-state index < -0.39 is 5.97 Å². The minimum absolute atomic E-state index is 0. The quantitative estimate of drug-likeness (QED) is 0.222. The predicted molar refractivity (Wildman–Crippen MR) is 145 cm³/mol. The first kappa shape index (κ1) is 35.7. The first-order valence-electron chi connectivity index (χ1n) is 11.6. The van der Waals surface area contributed by atoms with E-state index in [0.29, 0.717) is 5.56 Å². The van der Waals surface area contributed by atoms with Gasteiger partial charge < -0.3 is 20.4 Å². The number of nitrogens with one attached hydrogen (secondary N) is 2. The van der Waals surface area contributed by atoms with E-state index in [1.807, 2.05) is 59.7 Å². The predicted octanol–water partition coefficient (Wildman–Crippen LogP) is 1.92. The fourth-order valence-corrected chi connectivity index (χ4v) is 3.63. The SMILES string of the molecule is CO.COC(=O)c1ccc(C)c(-c2n[nH]c(C)c2C)c1.Cc1ccc(C(=O)O)cc1-c1n[nH]c(C)c1C.[Na+].[OH-]. The first-order valence-corrected chi connectivity index (χ1v) is 11.6. The number of carbonyl (C=O) groups is 2. The van der Waals surface area contributed by atoms with Crippen LogP contribution in [-0.4, -0.2) is 62.2 Å². The number of aryl methyl sites for hydroxylation is 4. The number of aromatic carboxylic acids is 1. The number of aliphatic hydroxyl groups is 1. The average molecular weight is 547 g/mol. The second-order valence-electron chi connectivity index (χ2n) is 8.50. The van der Waals surface area contributed by atoms with E-state index in [4.69, 9.17) is 14.9 Å². The molecule has 0 unspecified atom stereocenters. The molecule has 0 spiro atoms. The molecule has 0 fully saturated rings. The molecule has 39 heavy (non-hydrogen) atoms. The number of aromatic amines is 2. The summed E-state index contributed by atoms with van der Waals surface area (Å²) in [7, 11) is 2.38. The van der Waals surface area contributed by atoms with Gasteiger partial charge >= 0.3 is 41.5 Å². The zero-order valence-electron chi connectivity index (χ0n) is 23.9. The maximum Gasteiger partial charge on any atom is 1.00 e. The Hall–Kier alpha value is -3.28. The van der Waals surface area contributed by atoms with Crippen LogP contribution >= 0.6 is 0 Å². The van der Waals surface area contributed by atoms with Crippen molar-refractivity contribution in [2.24, 2.45) is 0 Å². The van der Waals surface area contributed by atoms with Gasteiger partial charge in [0.15, 0.2) is 0 Å². The van der Waals surface area contributed by atoms with Crippen LogP contribution in [0.25, 0.3) is 22.5 Å². The van der Waals surface area contributed by atoms with Crippen molar-refractivity contribution in [3.05, 3.63) is 81.2 Å². The summed E-state index contributed by atoms with van der Waals surface area (Å²) in [6, 6.07) is 10.6. The van der Waals surface area contributed by atoms with Crippen LogP contribution in [0.2, 0.25) is 0 Å². The van der Waals surface area contributed by atoms with Gasteiger partial charge in [0.25, 0.3) is 0 Å². The minimum Gasteiger partial charge on any atom is -0.870 e. The van der Waals surface area contributed by atoms with Gasteiger partial charge in [-0.1, -0.05) is 12.1 Å². The van der Waals surface area contributed by atoms with E-state index in [9.17, 15) is 9.59 Å². The maximum absolute atomic E-state index is 11.5. The number of benzene rings is 2. The number of carboxylic acid groups (broad SMARTS) is 1. The number of H-pyrrole nitrogens is 2. The number of hydrogen-bond donors (Lipinski definition) is 4. The molecule has 0 aliphatic carbocycles. The molecular weight excluding hydrogens is 511 g/mol. The smallest absolute Gasteiger partial charge is 0.870 e. The Labute approximate surface area is 250 Å². The molecule has 2 aromatic carbocycles. The number of aliphatic hydroxyl groups excluding tert-OH is 1. The van der Waals surface area contributed by atoms with Crippen LogP contribution in [0.1, 0.15) is 54.4 Å². The Kier molecular flexibility index (Phi) is 14.6. The molecule has 4 rings (SSSR count). The van der Waals surface area contributed by atoms with Crippen molar-refractivity contribution in [3.63, 3.8) is 0 Å².